The van der Waals surface area contributed by atoms with Crippen LogP contribution >= 0.6 is 12.0 Å². The minimum atomic E-state index is -2.43. The van der Waals surface area contributed by atoms with E-state index in [9.17, 15) is 14.4 Å². The van der Waals surface area contributed by atoms with Gasteiger partial charge >= 0.3 is 5.97 Å². The Labute approximate surface area is 72.9 Å². The Balaban J connectivity index is 3.90. The molecule has 72 valence electrons. The first kappa shape index (κ1) is 11.6. The second-order valence-electron chi connectivity index (χ2n) is 1.86. The van der Waals surface area contributed by atoms with E-state index in [1.54, 1.807) is 0 Å². The Morgan fingerprint density at radius 2 is 2.33 bits per heavy atom. The highest BCUT2D eigenvalue weighted by Gasteiger charge is 2.37. The summed E-state index contributed by atoms with van der Waals surface area (Å²) in [4.78, 5) is 10.7. The van der Waals surface area contributed by atoms with Crippen molar-refractivity contribution in [2.45, 2.75) is 18.8 Å². The summed E-state index contributed by atoms with van der Waals surface area (Å²) in [5.74, 6) is -1.12. The van der Waals surface area contributed by atoms with Crippen molar-refractivity contribution in [3.8, 4) is 0 Å². The first-order chi connectivity index (χ1) is 5.54. The number of alkyl halides is 1. The van der Waals surface area contributed by atoms with Gasteiger partial charge in [0.15, 0.2) is 0 Å². The SMILES string of the molecule is CCOC(=O)C(C)(F)SOO[O-]. The van der Waals surface area contributed by atoms with Gasteiger partial charge in [0.25, 0.3) is 5.00 Å². The Bertz CT molecular complexity index is 151. The number of halogens is 1. The van der Waals surface area contributed by atoms with Gasteiger partial charge in [-0.2, -0.15) is 4.33 Å². The summed E-state index contributed by atoms with van der Waals surface area (Å²) in [6.45, 7) is 2.48. The van der Waals surface area contributed by atoms with Crippen molar-refractivity contribution >= 4 is 18.0 Å². The minimum Gasteiger partial charge on any atom is -0.691 e. The zero-order valence-corrected chi connectivity index (χ0v) is 7.35. The fourth-order valence-electron chi connectivity index (χ4n) is 0.372. The third-order valence-electron chi connectivity index (χ3n) is 0.858. The highest BCUT2D eigenvalue weighted by atomic mass is 32.2. The fourth-order valence-corrected chi connectivity index (χ4v) is 0.654. The predicted octanol–water partition coefficient (Wildman–Crippen LogP) is 0.107. The summed E-state index contributed by atoms with van der Waals surface area (Å²) < 4.78 is 21.0. The van der Waals surface area contributed by atoms with E-state index in [0.29, 0.717) is 0 Å². The summed E-state index contributed by atoms with van der Waals surface area (Å²) in [5, 5.41) is 9.74. The molecule has 0 aliphatic carbocycles. The molecule has 0 aromatic heterocycles. The number of esters is 1. The molecule has 0 heterocycles. The molecule has 0 saturated carbocycles. The molecule has 1 atom stereocenters. The molecular formula is C5H8FO5S-. The molecule has 0 N–H and O–H groups in total. The molecule has 0 aromatic carbocycles. The molecule has 0 saturated heterocycles. The molecule has 0 aliphatic rings. The van der Waals surface area contributed by atoms with Crippen LogP contribution in [0.25, 0.3) is 0 Å². The maximum absolute atomic E-state index is 13.0. The van der Waals surface area contributed by atoms with Crippen molar-refractivity contribution in [2.24, 2.45) is 0 Å². The Morgan fingerprint density at radius 3 is 2.75 bits per heavy atom. The molecule has 12 heavy (non-hydrogen) atoms. The standard InChI is InChI=1S/C5H9FO5S/c1-3-9-4(7)5(2,6)12-11-10-8/h8H,3H2,1-2H3/p-1. The Hall–Kier alpha value is -0.370. The van der Waals surface area contributed by atoms with Crippen LogP contribution in [0.3, 0.4) is 0 Å². The number of rotatable bonds is 5. The van der Waals surface area contributed by atoms with E-state index >= 15 is 0 Å². The normalized spacial score (nSPS) is 15.3. The van der Waals surface area contributed by atoms with Crippen LogP contribution < -0.4 is 5.26 Å². The minimum absolute atomic E-state index is 0.0492. The third kappa shape index (κ3) is 3.86. The van der Waals surface area contributed by atoms with E-state index in [0.717, 1.165) is 6.92 Å². The lowest BCUT2D eigenvalue weighted by atomic mass is 10.4. The van der Waals surface area contributed by atoms with Gasteiger partial charge in [-0.15, -0.1) is 0 Å². The van der Waals surface area contributed by atoms with Crippen molar-refractivity contribution in [2.75, 3.05) is 6.61 Å². The number of hydrogen-bond acceptors (Lipinski definition) is 6. The van der Waals surface area contributed by atoms with Gasteiger partial charge < -0.3 is 9.99 Å². The molecule has 5 nitrogen and oxygen atoms in total. The van der Waals surface area contributed by atoms with Crippen LogP contribution in [0, 0.1) is 0 Å². The predicted molar refractivity (Wildman–Crippen MR) is 35.9 cm³/mol. The highest BCUT2D eigenvalue weighted by Crippen LogP contribution is 2.28. The average molecular weight is 199 g/mol. The van der Waals surface area contributed by atoms with E-state index in [-0.39, 0.29) is 18.6 Å². The van der Waals surface area contributed by atoms with Crippen LogP contribution in [0.2, 0.25) is 0 Å². The molecule has 0 aliphatic heterocycles. The summed E-state index contributed by atoms with van der Waals surface area (Å²) in [5.41, 5.74) is 0. The quantitative estimate of drug-likeness (QED) is 0.271. The molecule has 0 rings (SSSR count). The monoisotopic (exact) mass is 199 g/mol. The van der Waals surface area contributed by atoms with Crippen molar-refractivity contribution in [1.29, 1.82) is 0 Å². The van der Waals surface area contributed by atoms with Crippen LogP contribution in [0.4, 0.5) is 4.39 Å². The number of carbonyl (C=O) groups excluding carboxylic acids is 1. The Morgan fingerprint density at radius 1 is 1.75 bits per heavy atom. The van der Waals surface area contributed by atoms with Gasteiger partial charge in [-0.05, 0) is 13.8 Å². The second-order valence-corrected chi connectivity index (χ2v) is 2.93. The molecule has 0 fully saturated rings. The van der Waals surface area contributed by atoms with E-state index in [4.69, 9.17) is 0 Å². The van der Waals surface area contributed by atoms with Crippen molar-refractivity contribution in [3.05, 3.63) is 0 Å². The molecule has 0 radical (unpaired) electrons. The summed E-state index contributed by atoms with van der Waals surface area (Å²) in [6, 6.07) is 0. The maximum Gasteiger partial charge on any atom is 0.356 e. The van der Waals surface area contributed by atoms with Gasteiger partial charge in [0, 0.05) is 0 Å². The van der Waals surface area contributed by atoms with Gasteiger partial charge in [0.2, 0.25) is 0 Å². The lowest BCUT2D eigenvalue weighted by Gasteiger charge is -2.16. The van der Waals surface area contributed by atoms with Crippen LogP contribution in [-0.4, -0.2) is 17.6 Å². The lowest BCUT2D eigenvalue weighted by molar-refractivity contribution is -0.777. The van der Waals surface area contributed by atoms with Crippen molar-refractivity contribution in [3.63, 3.8) is 0 Å². The third-order valence-corrected chi connectivity index (χ3v) is 1.46. The molecule has 0 amide bonds. The lowest BCUT2D eigenvalue weighted by Crippen LogP contribution is -2.29. The Kier molecular flexibility index (Phi) is 5.14. The molecule has 0 aromatic rings. The number of hydrogen-bond donors (Lipinski definition) is 0. The van der Waals surface area contributed by atoms with E-state index in [1.807, 2.05) is 0 Å². The molecule has 7 heteroatoms. The number of ether oxygens (including phenoxy) is 1. The van der Waals surface area contributed by atoms with Crippen molar-refractivity contribution < 1.29 is 28.6 Å². The van der Waals surface area contributed by atoms with Crippen LogP contribution in [0.5, 0.6) is 0 Å². The van der Waals surface area contributed by atoms with Gasteiger partial charge in [0.05, 0.1) is 18.6 Å². The van der Waals surface area contributed by atoms with Gasteiger partial charge in [-0.25, -0.2) is 9.18 Å². The van der Waals surface area contributed by atoms with Crippen molar-refractivity contribution in [1.82, 2.24) is 0 Å². The first-order valence-corrected chi connectivity index (χ1v) is 3.79. The zero-order valence-electron chi connectivity index (χ0n) is 6.53. The smallest absolute Gasteiger partial charge is 0.356 e. The van der Waals surface area contributed by atoms with Crippen LogP contribution in [-0.2, 0) is 18.9 Å². The average Bonchev–Trinajstić information content (AvgIpc) is 2.01. The summed E-state index contributed by atoms with van der Waals surface area (Å²) in [7, 11) is 0. The van der Waals surface area contributed by atoms with Gasteiger partial charge in [0.1, 0.15) is 0 Å². The molecule has 1 unspecified atom stereocenters. The molecule has 0 bridgehead atoms. The molecular weight excluding hydrogens is 191 g/mol. The zero-order chi connectivity index (χ0) is 9.61. The highest BCUT2D eigenvalue weighted by molar-refractivity contribution is 7.96. The molecule has 0 spiro atoms. The van der Waals surface area contributed by atoms with Crippen LogP contribution in [0.1, 0.15) is 13.8 Å². The van der Waals surface area contributed by atoms with E-state index in [2.05, 4.69) is 14.1 Å². The first-order valence-electron chi connectivity index (χ1n) is 3.05. The number of carbonyl (C=O) groups is 1. The maximum atomic E-state index is 13.0. The van der Waals surface area contributed by atoms with E-state index < -0.39 is 11.0 Å². The summed E-state index contributed by atoms with van der Waals surface area (Å²) in [6.07, 6.45) is 0. The van der Waals surface area contributed by atoms with E-state index in [1.165, 1.54) is 6.92 Å². The largest absolute Gasteiger partial charge is 0.691 e. The van der Waals surface area contributed by atoms with Gasteiger partial charge in [-0.1, -0.05) is 0 Å². The topological polar surface area (TPSA) is 67.8 Å². The summed E-state index contributed by atoms with van der Waals surface area (Å²) >= 11 is -0.0492. The van der Waals surface area contributed by atoms with Crippen LogP contribution in [0.15, 0.2) is 0 Å². The fraction of sp³-hybridized carbons (Fsp3) is 0.800. The second kappa shape index (κ2) is 5.31. The van der Waals surface area contributed by atoms with Gasteiger partial charge in [-0.3, -0.25) is 5.04 Å².